The molecular formula is C14H22N2O4S. The summed E-state index contributed by atoms with van der Waals surface area (Å²) in [5.74, 6) is -0.640. The van der Waals surface area contributed by atoms with E-state index >= 15 is 0 Å². The quantitative estimate of drug-likeness (QED) is 0.835. The summed E-state index contributed by atoms with van der Waals surface area (Å²) < 4.78 is 32.6. The first-order valence-electron chi connectivity index (χ1n) is 6.50. The van der Waals surface area contributed by atoms with E-state index in [0.29, 0.717) is 5.56 Å². The summed E-state index contributed by atoms with van der Waals surface area (Å²) in [6.07, 6.45) is 0. The SMILES string of the molecule is CN(C)S(=O)(=O)N[C@@H](C(=O)OC(C)(C)C)c1ccccc1. The summed E-state index contributed by atoms with van der Waals surface area (Å²) in [6.45, 7) is 5.19. The summed E-state index contributed by atoms with van der Waals surface area (Å²) in [5.41, 5.74) is -0.176. The lowest BCUT2D eigenvalue weighted by Gasteiger charge is -2.25. The van der Waals surface area contributed by atoms with Gasteiger partial charge in [-0.1, -0.05) is 30.3 Å². The number of nitrogens with zero attached hydrogens (tertiary/aromatic N) is 1. The van der Waals surface area contributed by atoms with Crippen LogP contribution < -0.4 is 4.72 Å². The molecule has 0 unspecified atom stereocenters. The molecule has 21 heavy (non-hydrogen) atoms. The Morgan fingerprint density at radius 3 is 2.14 bits per heavy atom. The van der Waals surface area contributed by atoms with E-state index in [1.54, 1.807) is 51.1 Å². The van der Waals surface area contributed by atoms with Gasteiger partial charge in [-0.25, -0.2) is 4.79 Å². The second-order valence-corrected chi connectivity index (χ2v) is 7.70. The third kappa shape index (κ3) is 5.45. The molecule has 0 aromatic heterocycles. The average molecular weight is 314 g/mol. The van der Waals surface area contributed by atoms with Gasteiger partial charge in [-0.15, -0.1) is 0 Å². The van der Waals surface area contributed by atoms with Gasteiger partial charge >= 0.3 is 5.97 Å². The van der Waals surface area contributed by atoms with Crippen molar-refractivity contribution < 1.29 is 17.9 Å². The Hall–Kier alpha value is -1.44. The molecule has 7 heteroatoms. The van der Waals surface area contributed by atoms with Crippen molar-refractivity contribution in [2.45, 2.75) is 32.4 Å². The first-order chi connectivity index (χ1) is 9.53. The number of benzene rings is 1. The van der Waals surface area contributed by atoms with Crippen molar-refractivity contribution in [3.05, 3.63) is 35.9 Å². The average Bonchev–Trinajstić information content (AvgIpc) is 2.34. The summed E-state index contributed by atoms with van der Waals surface area (Å²) in [4.78, 5) is 12.3. The van der Waals surface area contributed by atoms with Crippen molar-refractivity contribution in [3.63, 3.8) is 0 Å². The number of hydrogen-bond donors (Lipinski definition) is 1. The summed E-state index contributed by atoms with van der Waals surface area (Å²) in [7, 11) is -0.987. The summed E-state index contributed by atoms with van der Waals surface area (Å²) in [5, 5.41) is 0. The molecule has 0 aliphatic carbocycles. The Labute approximate surface area is 126 Å². The van der Waals surface area contributed by atoms with Crippen molar-refractivity contribution >= 4 is 16.2 Å². The van der Waals surface area contributed by atoms with E-state index in [1.165, 1.54) is 14.1 Å². The summed E-state index contributed by atoms with van der Waals surface area (Å²) in [6, 6.07) is 7.51. The van der Waals surface area contributed by atoms with Crippen LogP contribution in [-0.2, 0) is 19.7 Å². The van der Waals surface area contributed by atoms with E-state index in [-0.39, 0.29) is 0 Å². The van der Waals surface area contributed by atoms with Crippen molar-refractivity contribution in [2.75, 3.05) is 14.1 Å². The monoisotopic (exact) mass is 314 g/mol. The van der Waals surface area contributed by atoms with Crippen LogP contribution in [-0.4, -0.2) is 38.4 Å². The van der Waals surface area contributed by atoms with Crippen LogP contribution in [0.15, 0.2) is 30.3 Å². The fourth-order valence-corrected chi connectivity index (χ4v) is 2.25. The third-order valence-electron chi connectivity index (χ3n) is 2.52. The standard InChI is InChI=1S/C14H22N2O4S/c1-14(2,3)20-13(17)12(11-9-7-6-8-10-11)15-21(18,19)16(4)5/h6-10,12,15H,1-5H3/t12-/m1/s1. The molecule has 1 rings (SSSR count). The predicted molar refractivity (Wildman–Crippen MR) is 80.8 cm³/mol. The van der Waals surface area contributed by atoms with Gasteiger partial charge in [0.05, 0.1) is 0 Å². The van der Waals surface area contributed by atoms with E-state index in [9.17, 15) is 13.2 Å². The minimum Gasteiger partial charge on any atom is -0.459 e. The van der Waals surface area contributed by atoms with E-state index < -0.39 is 27.8 Å². The molecule has 1 atom stereocenters. The second-order valence-electron chi connectivity index (χ2n) is 5.78. The van der Waals surface area contributed by atoms with Crippen LogP contribution in [0.4, 0.5) is 0 Å². The van der Waals surface area contributed by atoms with E-state index in [0.717, 1.165) is 4.31 Å². The minimum atomic E-state index is -3.76. The molecule has 0 saturated carbocycles. The van der Waals surface area contributed by atoms with Crippen molar-refractivity contribution in [1.29, 1.82) is 0 Å². The lowest BCUT2D eigenvalue weighted by Crippen LogP contribution is -2.42. The lowest BCUT2D eigenvalue weighted by atomic mass is 10.1. The molecule has 0 bridgehead atoms. The number of rotatable bonds is 5. The van der Waals surface area contributed by atoms with Gasteiger partial charge in [0.1, 0.15) is 11.6 Å². The third-order valence-corrected chi connectivity index (χ3v) is 4.02. The van der Waals surface area contributed by atoms with Crippen molar-refractivity contribution in [2.24, 2.45) is 0 Å². The van der Waals surface area contributed by atoms with Crippen LogP contribution >= 0.6 is 0 Å². The van der Waals surface area contributed by atoms with E-state index in [4.69, 9.17) is 4.74 Å². The van der Waals surface area contributed by atoms with Crippen LogP contribution in [0.5, 0.6) is 0 Å². The summed E-state index contributed by atoms with van der Waals surface area (Å²) >= 11 is 0. The highest BCUT2D eigenvalue weighted by molar-refractivity contribution is 7.87. The minimum absolute atomic E-state index is 0.525. The number of esters is 1. The Balaban J connectivity index is 3.10. The maximum Gasteiger partial charge on any atom is 0.329 e. The Kier molecular flexibility index (Phi) is 5.49. The van der Waals surface area contributed by atoms with Crippen molar-refractivity contribution in [1.82, 2.24) is 9.03 Å². The number of hydrogen-bond acceptors (Lipinski definition) is 4. The van der Waals surface area contributed by atoms with Crippen molar-refractivity contribution in [3.8, 4) is 0 Å². The molecule has 0 spiro atoms. The molecule has 6 nitrogen and oxygen atoms in total. The second kappa shape index (κ2) is 6.55. The molecular weight excluding hydrogens is 292 g/mol. The predicted octanol–water partition coefficient (Wildman–Crippen LogP) is 1.47. The number of carbonyl (C=O) groups is 1. The fourth-order valence-electron chi connectivity index (χ4n) is 1.51. The van der Waals surface area contributed by atoms with Crippen LogP contribution in [0.25, 0.3) is 0 Å². The van der Waals surface area contributed by atoms with Gasteiger partial charge in [0.2, 0.25) is 0 Å². The van der Waals surface area contributed by atoms with Gasteiger partial charge < -0.3 is 4.74 Å². The van der Waals surface area contributed by atoms with Crippen LogP contribution in [0.3, 0.4) is 0 Å². The first-order valence-corrected chi connectivity index (χ1v) is 7.94. The lowest BCUT2D eigenvalue weighted by molar-refractivity contribution is -0.157. The molecule has 0 radical (unpaired) electrons. The zero-order valence-corrected chi connectivity index (χ0v) is 13.8. The number of nitrogens with one attached hydrogen (secondary N) is 1. The smallest absolute Gasteiger partial charge is 0.329 e. The van der Waals surface area contributed by atoms with Gasteiger partial charge in [-0.2, -0.15) is 17.4 Å². The van der Waals surface area contributed by atoms with Crippen LogP contribution in [0, 0.1) is 0 Å². The molecule has 0 aliphatic heterocycles. The molecule has 0 amide bonds. The molecule has 118 valence electrons. The van der Waals surface area contributed by atoms with Gasteiger partial charge in [-0.05, 0) is 26.3 Å². The Morgan fingerprint density at radius 1 is 1.19 bits per heavy atom. The van der Waals surface area contributed by atoms with Crippen LogP contribution in [0.1, 0.15) is 32.4 Å². The highest BCUT2D eigenvalue weighted by Gasteiger charge is 2.31. The van der Waals surface area contributed by atoms with Gasteiger partial charge in [0, 0.05) is 14.1 Å². The molecule has 0 aliphatic rings. The normalized spacial score (nSPS) is 14.0. The fraction of sp³-hybridized carbons (Fsp3) is 0.500. The molecule has 1 aromatic rings. The molecule has 0 fully saturated rings. The molecule has 0 saturated heterocycles. The first kappa shape index (κ1) is 17.6. The van der Waals surface area contributed by atoms with E-state index in [1.807, 2.05) is 0 Å². The van der Waals surface area contributed by atoms with Gasteiger partial charge in [-0.3, -0.25) is 0 Å². The van der Waals surface area contributed by atoms with E-state index in [2.05, 4.69) is 4.72 Å². The largest absolute Gasteiger partial charge is 0.459 e. The van der Waals surface area contributed by atoms with Crippen LogP contribution in [0.2, 0.25) is 0 Å². The van der Waals surface area contributed by atoms with Gasteiger partial charge in [0.25, 0.3) is 10.2 Å². The maximum absolute atomic E-state index is 12.3. The molecule has 1 N–H and O–H groups in total. The number of carbonyl (C=O) groups excluding carboxylic acids is 1. The zero-order valence-electron chi connectivity index (χ0n) is 13.0. The molecule has 1 aromatic carbocycles. The Bertz CT molecular complexity index is 577. The molecule has 0 heterocycles. The highest BCUT2D eigenvalue weighted by atomic mass is 32.2. The highest BCUT2D eigenvalue weighted by Crippen LogP contribution is 2.19. The topological polar surface area (TPSA) is 75.7 Å². The Morgan fingerprint density at radius 2 is 1.71 bits per heavy atom. The number of ether oxygens (including phenoxy) is 1. The van der Waals surface area contributed by atoms with Gasteiger partial charge in [0.15, 0.2) is 0 Å². The zero-order chi connectivity index (χ0) is 16.3. The maximum atomic E-state index is 12.3.